The van der Waals surface area contributed by atoms with Crippen molar-refractivity contribution in [1.29, 1.82) is 0 Å². The number of hydrogen-bond donors (Lipinski definition) is 1. The van der Waals surface area contributed by atoms with Crippen LogP contribution >= 0.6 is 11.3 Å². The van der Waals surface area contributed by atoms with Crippen molar-refractivity contribution in [2.24, 2.45) is 5.92 Å². The molecule has 0 spiro atoms. The number of carbonyl (C=O) groups excluding carboxylic acids is 2. The van der Waals surface area contributed by atoms with Crippen molar-refractivity contribution < 1.29 is 14.3 Å². The van der Waals surface area contributed by atoms with E-state index in [1.807, 2.05) is 69.3 Å². The normalized spacial score (nSPS) is 16.7. The van der Waals surface area contributed by atoms with Crippen LogP contribution in [-0.4, -0.2) is 52.0 Å². The molecule has 0 atom stereocenters. The summed E-state index contributed by atoms with van der Waals surface area (Å²) in [6.45, 7) is 10.1. The van der Waals surface area contributed by atoms with Crippen LogP contribution in [0.4, 0.5) is 10.9 Å². The minimum Gasteiger partial charge on any atom is -0.455 e. The van der Waals surface area contributed by atoms with Gasteiger partial charge in [-0.2, -0.15) is 0 Å². The maximum absolute atomic E-state index is 13.8. The molecule has 0 bridgehead atoms. The SMILES string of the molecule is CC(C)(C)OC(=O)c1nc(N2CCc3cccc(C(=O)Nc4nc5ccccc5s4)c3C2)ccc1-c1ccc2c(c1)CCN(CC1CCCCC1)C2. The molecule has 5 aromatic rings. The fourth-order valence-corrected chi connectivity index (χ4v) is 8.95. The molecule has 1 saturated carbocycles. The lowest BCUT2D eigenvalue weighted by molar-refractivity contribution is 0.00638. The second-order valence-electron chi connectivity index (χ2n) is 15.6. The average Bonchev–Trinajstić information content (AvgIpc) is 3.56. The Morgan fingerprint density at radius 2 is 1.69 bits per heavy atom. The largest absolute Gasteiger partial charge is 0.455 e. The summed E-state index contributed by atoms with van der Waals surface area (Å²) in [6, 6.07) is 24.4. The number of aromatic nitrogens is 2. The molecule has 2 aliphatic heterocycles. The Labute approximate surface area is 310 Å². The zero-order chi connectivity index (χ0) is 35.8. The van der Waals surface area contributed by atoms with Crippen LogP contribution in [0.25, 0.3) is 21.3 Å². The van der Waals surface area contributed by atoms with Crippen molar-refractivity contribution in [3.8, 4) is 11.1 Å². The summed E-state index contributed by atoms with van der Waals surface area (Å²) in [7, 11) is 0. The summed E-state index contributed by atoms with van der Waals surface area (Å²) in [6.07, 6.45) is 8.63. The van der Waals surface area contributed by atoms with Crippen LogP contribution in [0.2, 0.25) is 0 Å². The molecular weight excluding hydrogens is 667 g/mol. The summed E-state index contributed by atoms with van der Waals surface area (Å²) >= 11 is 1.47. The molecule has 3 aliphatic rings. The van der Waals surface area contributed by atoms with E-state index in [4.69, 9.17) is 9.72 Å². The first-order valence-corrected chi connectivity index (χ1v) is 19.6. The number of amides is 1. The Morgan fingerprint density at radius 3 is 2.52 bits per heavy atom. The Hall–Kier alpha value is -4.60. The van der Waals surface area contributed by atoms with E-state index >= 15 is 0 Å². The van der Waals surface area contributed by atoms with E-state index in [9.17, 15) is 9.59 Å². The van der Waals surface area contributed by atoms with Gasteiger partial charge in [0.1, 0.15) is 11.4 Å². The molecule has 0 unspecified atom stereocenters. The number of nitrogens with one attached hydrogen (secondary N) is 1. The second-order valence-corrected chi connectivity index (χ2v) is 16.6. The fraction of sp³-hybridized carbons (Fsp3) is 0.395. The molecule has 52 heavy (non-hydrogen) atoms. The quantitative estimate of drug-likeness (QED) is 0.169. The van der Waals surface area contributed by atoms with E-state index in [2.05, 4.69) is 44.4 Å². The van der Waals surface area contributed by atoms with Gasteiger partial charge in [-0.1, -0.05) is 73.1 Å². The van der Waals surface area contributed by atoms with Crippen molar-refractivity contribution in [2.45, 2.75) is 84.4 Å². The summed E-state index contributed by atoms with van der Waals surface area (Å²) in [5.74, 6) is 0.902. The third kappa shape index (κ3) is 7.48. The van der Waals surface area contributed by atoms with E-state index in [1.54, 1.807) is 0 Å². The van der Waals surface area contributed by atoms with Gasteiger partial charge in [0.2, 0.25) is 0 Å². The monoisotopic (exact) mass is 713 g/mol. The van der Waals surface area contributed by atoms with Crippen LogP contribution in [-0.2, 0) is 30.7 Å². The molecule has 2 aromatic heterocycles. The first kappa shape index (κ1) is 34.5. The van der Waals surface area contributed by atoms with Gasteiger partial charge in [-0.05, 0) is 111 Å². The number of nitrogens with zero attached hydrogens (tertiary/aromatic N) is 4. The van der Waals surface area contributed by atoms with Crippen molar-refractivity contribution >= 4 is 44.4 Å². The average molecular weight is 714 g/mol. The lowest BCUT2D eigenvalue weighted by atomic mass is 9.88. The number of esters is 1. The smallest absolute Gasteiger partial charge is 0.358 e. The predicted octanol–water partition coefficient (Wildman–Crippen LogP) is 9.07. The maximum atomic E-state index is 13.8. The maximum Gasteiger partial charge on any atom is 0.358 e. The van der Waals surface area contributed by atoms with Crippen LogP contribution in [0.3, 0.4) is 0 Å². The first-order valence-electron chi connectivity index (χ1n) is 18.8. The Balaban J connectivity index is 1.05. The number of anilines is 2. The van der Waals surface area contributed by atoms with E-state index in [0.29, 0.717) is 35.3 Å². The summed E-state index contributed by atoms with van der Waals surface area (Å²) < 4.78 is 6.96. The number of benzene rings is 3. The van der Waals surface area contributed by atoms with Gasteiger partial charge in [0.15, 0.2) is 10.8 Å². The fourth-order valence-electron chi connectivity index (χ4n) is 8.09. The summed E-state index contributed by atoms with van der Waals surface area (Å²) in [5.41, 5.74) is 7.73. The van der Waals surface area contributed by atoms with Crippen LogP contribution in [0.5, 0.6) is 0 Å². The number of fused-ring (bicyclic) bond motifs is 3. The van der Waals surface area contributed by atoms with Crippen molar-refractivity contribution in [3.05, 3.63) is 106 Å². The third-order valence-corrected chi connectivity index (χ3v) is 11.6. The number of rotatable bonds is 7. The number of ether oxygens (including phenoxy) is 1. The molecule has 1 amide bonds. The molecule has 9 heteroatoms. The lowest BCUT2D eigenvalue weighted by Gasteiger charge is -2.33. The highest BCUT2D eigenvalue weighted by molar-refractivity contribution is 7.22. The summed E-state index contributed by atoms with van der Waals surface area (Å²) in [4.78, 5) is 41.9. The van der Waals surface area contributed by atoms with Crippen LogP contribution < -0.4 is 10.2 Å². The van der Waals surface area contributed by atoms with Gasteiger partial charge in [-0.25, -0.2) is 14.8 Å². The number of pyridine rings is 1. The number of hydrogen-bond acceptors (Lipinski definition) is 8. The predicted molar refractivity (Wildman–Crippen MR) is 209 cm³/mol. The van der Waals surface area contributed by atoms with Gasteiger partial charge < -0.3 is 9.64 Å². The zero-order valence-corrected chi connectivity index (χ0v) is 31.2. The molecule has 1 aliphatic carbocycles. The van der Waals surface area contributed by atoms with Crippen LogP contribution in [0, 0.1) is 5.92 Å². The van der Waals surface area contributed by atoms with Crippen LogP contribution in [0.15, 0.2) is 72.8 Å². The third-order valence-electron chi connectivity index (χ3n) is 10.7. The standard InChI is InChI=1S/C43H47N5O3S/c1-43(2,3)51-41(50)39-33(31-16-17-32-26-47(22-20-30(32)24-31)25-28-10-5-4-6-11-28)18-19-38(45-39)48-23-21-29-12-9-13-34(35(29)27-48)40(49)46-42-44-36-14-7-8-15-37(36)52-42/h7-9,12-19,24,28H,4-6,10-11,20-23,25-27H2,1-3H3,(H,44,46,49). The number of thiazole rings is 1. The van der Waals surface area contributed by atoms with Crippen molar-refractivity contribution in [2.75, 3.05) is 29.9 Å². The summed E-state index contributed by atoms with van der Waals surface area (Å²) in [5, 5.41) is 3.61. The highest BCUT2D eigenvalue weighted by Gasteiger charge is 2.28. The molecule has 8 nitrogen and oxygen atoms in total. The molecule has 0 radical (unpaired) electrons. The molecule has 3 aromatic carbocycles. The Morgan fingerprint density at radius 1 is 0.865 bits per heavy atom. The van der Waals surface area contributed by atoms with Crippen LogP contribution in [0.1, 0.15) is 96.0 Å². The van der Waals surface area contributed by atoms with E-state index in [0.717, 1.165) is 64.3 Å². The highest BCUT2D eigenvalue weighted by atomic mass is 32.1. The number of para-hydroxylation sites is 1. The molecule has 0 saturated heterocycles. The first-order chi connectivity index (χ1) is 25.2. The second kappa shape index (κ2) is 14.4. The molecule has 1 N–H and O–H groups in total. The van der Waals surface area contributed by atoms with E-state index < -0.39 is 11.6 Å². The van der Waals surface area contributed by atoms with Gasteiger partial charge >= 0.3 is 5.97 Å². The van der Waals surface area contributed by atoms with Gasteiger partial charge in [0.05, 0.1) is 10.2 Å². The van der Waals surface area contributed by atoms with Gasteiger partial charge in [0, 0.05) is 43.9 Å². The Kier molecular flexibility index (Phi) is 9.57. The Bertz CT molecular complexity index is 2100. The molecule has 4 heterocycles. The molecular formula is C43H47N5O3S. The zero-order valence-electron chi connectivity index (χ0n) is 30.4. The molecule has 1 fully saturated rings. The van der Waals surface area contributed by atoms with E-state index in [1.165, 1.54) is 61.1 Å². The topological polar surface area (TPSA) is 87.7 Å². The minimum atomic E-state index is -0.667. The highest BCUT2D eigenvalue weighted by Crippen LogP contribution is 2.34. The molecule has 268 valence electrons. The number of carbonyl (C=O) groups is 2. The lowest BCUT2D eigenvalue weighted by Crippen LogP contribution is -2.35. The van der Waals surface area contributed by atoms with Gasteiger partial charge in [-0.3, -0.25) is 15.0 Å². The van der Waals surface area contributed by atoms with Crippen molar-refractivity contribution in [1.82, 2.24) is 14.9 Å². The van der Waals surface area contributed by atoms with Gasteiger partial charge in [0.25, 0.3) is 5.91 Å². The van der Waals surface area contributed by atoms with Gasteiger partial charge in [-0.15, -0.1) is 0 Å². The van der Waals surface area contributed by atoms with Crippen molar-refractivity contribution in [3.63, 3.8) is 0 Å². The molecule has 8 rings (SSSR count). The minimum absolute atomic E-state index is 0.181. The van der Waals surface area contributed by atoms with E-state index in [-0.39, 0.29) is 5.91 Å².